The lowest BCUT2D eigenvalue weighted by Gasteiger charge is -2.22. The van der Waals surface area contributed by atoms with Crippen molar-refractivity contribution in [1.29, 1.82) is 0 Å². The van der Waals surface area contributed by atoms with Crippen molar-refractivity contribution >= 4 is 45.1 Å². The zero-order valence-electron chi connectivity index (χ0n) is 15.1. The molecule has 0 fully saturated rings. The van der Waals surface area contributed by atoms with Crippen LogP contribution < -0.4 is 21.0 Å². The molecule has 22 heavy (non-hydrogen) atoms. The molecular formula is C19H29PSi2. The van der Waals surface area contributed by atoms with Crippen molar-refractivity contribution in [3.8, 4) is 0 Å². The topological polar surface area (TPSA) is 0 Å². The molecule has 0 bridgehead atoms. The highest BCUT2D eigenvalue weighted by Gasteiger charge is 2.20. The molecule has 0 saturated heterocycles. The van der Waals surface area contributed by atoms with Crippen LogP contribution in [0.1, 0.15) is 0 Å². The van der Waals surface area contributed by atoms with Gasteiger partial charge in [0.25, 0.3) is 0 Å². The van der Waals surface area contributed by atoms with Gasteiger partial charge in [-0.05, 0) is 25.2 Å². The fraction of sp³-hybridized carbons (Fsp3) is 0.368. The van der Waals surface area contributed by atoms with Gasteiger partial charge in [0.15, 0.2) is 0 Å². The molecule has 0 radical (unpaired) electrons. The minimum absolute atomic E-state index is 0.253. The lowest BCUT2D eigenvalue weighted by molar-refractivity contribution is 1.70. The predicted octanol–water partition coefficient (Wildman–Crippen LogP) is 3.84. The zero-order valence-corrected chi connectivity index (χ0v) is 18.0. The van der Waals surface area contributed by atoms with Crippen molar-refractivity contribution in [3.05, 3.63) is 48.5 Å². The van der Waals surface area contributed by atoms with Crippen LogP contribution in [-0.2, 0) is 0 Å². The van der Waals surface area contributed by atoms with E-state index in [1.54, 1.807) is 10.4 Å². The summed E-state index contributed by atoms with van der Waals surface area (Å²) in [5.41, 5.74) is 0. The van der Waals surface area contributed by atoms with E-state index in [0.29, 0.717) is 0 Å². The van der Waals surface area contributed by atoms with Crippen molar-refractivity contribution in [2.75, 3.05) is 6.66 Å². The van der Waals surface area contributed by atoms with Gasteiger partial charge in [-0.25, -0.2) is 0 Å². The number of hydrogen-bond donors (Lipinski definition) is 0. The first-order valence-corrected chi connectivity index (χ1v) is 16.8. The van der Waals surface area contributed by atoms with Crippen LogP contribution >= 0.6 is 7.92 Å². The van der Waals surface area contributed by atoms with Gasteiger partial charge < -0.3 is 0 Å². The predicted molar refractivity (Wildman–Crippen MR) is 111 cm³/mol. The third-order valence-corrected chi connectivity index (χ3v) is 10.4. The van der Waals surface area contributed by atoms with E-state index in [-0.39, 0.29) is 7.92 Å². The summed E-state index contributed by atoms with van der Waals surface area (Å²) < 4.78 is 0. The maximum Gasteiger partial charge on any atom is 0.0776 e. The summed E-state index contributed by atoms with van der Waals surface area (Å²) in [5, 5.41) is 6.17. The SMILES string of the molecule is CP(c1cccc([Si](C)(C)C)c1)c1cccc([Si](C)(C)C)c1. The van der Waals surface area contributed by atoms with Gasteiger partial charge >= 0.3 is 0 Å². The molecular weight excluding hydrogens is 315 g/mol. The highest BCUT2D eigenvalue weighted by Crippen LogP contribution is 2.28. The molecule has 0 N–H and O–H groups in total. The van der Waals surface area contributed by atoms with E-state index in [1.165, 1.54) is 10.6 Å². The van der Waals surface area contributed by atoms with Crippen molar-refractivity contribution in [1.82, 2.24) is 0 Å². The van der Waals surface area contributed by atoms with E-state index in [9.17, 15) is 0 Å². The largest absolute Gasteiger partial charge is 0.0776 e. The second kappa shape index (κ2) is 6.43. The molecule has 0 unspecified atom stereocenters. The molecule has 0 amide bonds. The third kappa shape index (κ3) is 4.19. The number of rotatable bonds is 4. The maximum absolute atomic E-state index is 2.47. The van der Waals surface area contributed by atoms with Gasteiger partial charge in [0.2, 0.25) is 0 Å². The summed E-state index contributed by atoms with van der Waals surface area (Å²) >= 11 is 0. The van der Waals surface area contributed by atoms with Gasteiger partial charge in [-0.1, -0.05) is 98.2 Å². The fourth-order valence-corrected chi connectivity index (χ4v) is 6.71. The molecule has 118 valence electrons. The second-order valence-electron chi connectivity index (χ2n) is 8.16. The monoisotopic (exact) mass is 344 g/mol. The lowest BCUT2D eigenvalue weighted by atomic mass is 10.4. The molecule has 0 aliphatic heterocycles. The Hall–Kier alpha value is -0.696. The van der Waals surface area contributed by atoms with E-state index >= 15 is 0 Å². The second-order valence-corrected chi connectivity index (χ2v) is 20.5. The minimum Gasteiger partial charge on any atom is -0.0656 e. The van der Waals surface area contributed by atoms with Crippen LogP contribution in [0.3, 0.4) is 0 Å². The Bertz CT molecular complexity index is 593. The summed E-state index contributed by atoms with van der Waals surface area (Å²) in [5.74, 6) is 0. The Morgan fingerprint density at radius 1 is 0.636 bits per heavy atom. The van der Waals surface area contributed by atoms with E-state index in [4.69, 9.17) is 0 Å². The normalized spacial score (nSPS) is 12.7. The van der Waals surface area contributed by atoms with E-state index < -0.39 is 16.1 Å². The molecule has 0 saturated carbocycles. The molecule has 0 aromatic heterocycles. The van der Waals surface area contributed by atoms with Gasteiger partial charge in [0.05, 0.1) is 16.1 Å². The molecule has 0 aliphatic carbocycles. The number of hydrogen-bond acceptors (Lipinski definition) is 0. The molecule has 3 heteroatoms. The Kier molecular flexibility index (Phi) is 5.16. The van der Waals surface area contributed by atoms with Crippen molar-refractivity contribution in [2.24, 2.45) is 0 Å². The lowest BCUT2D eigenvalue weighted by Crippen LogP contribution is -2.40. The Morgan fingerprint density at radius 2 is 1.00 bits per heavy atom. The van der Waals surface area contributed by atoms with Gasteiger partial charge in [-0.2, -0.15) is 0 Å². The van der Waals surface area contributed by atoms with Gasteiger partial charge in [-0.15, -0.1) is 0 Å². The average molecular weight is 345 g/mol. The first kappa shape index (κ1) is 17.7. The highest BCUT2D eigenvalue weighted by atomic mass is 31.1. The Labute approximate surface area is 139 Å². The minimum atomic E-state index is -1.24. The van der Waals surface area contributed by atoms with Crippen LogP contribution in [0, 0.1) is 0 Å². The molecule has 2 rings (SSSR count). The highest BCUT2D eigenvalue weighted by molar-refractivity contribution is 7.72. The Balaban J connectivity index is 2.38. The molecule has 0 atom stereocenters. The van der Waals surface area contributed by atoms with Gasteiger partial charge in [0, 0.05) is 0 Å². The molecule has 0 nitrogen and oxygen atoms in total. The first-order valence-electron chi connectivity index (χ1n) is 8.04. The van der Waals surface area contributed by atoms with E-state index in [2.05, 4.69) is 94.5 Å². The summed E-state index contributed by atoms with van der Waals surface area (Å²) in [4.78, 5) is 0. The van der Waals surface area contributed by atoms with Crippen LogP contribution in [0.15, 0.2) is 48.5 Å². The standard InChI is InChI=1S/C19H29PSi2/c1-20(16-10-8-12-18(14-16)21(2,3)4)17-11-9-13-19(15-17)22(5,6)7/h8-15H,1-7H3. The van der Waals surface area contributed by atoms with E-state index in [1.807, 2.05) is 0 Å². The van der Waals surface area contributed by atoms with Crippen molar-refractivity contribution < 1.29 is 0 Å². The third-order valence-electron chi connectivity index (χ3n) is 4.20. The van der Waals surface area contributed by atoms with Crippen LogP contribution in [0.2, 0.25) is 39.3 Å². The summed E-state index contributed by atoms with van der Waals surface area (Å²) in [6, 6.07) is 18.7. The Morgan fingerprint density at radius 3 is 1.32 bits per heavy atom. The zero-order chi connectivity index (χ0) is 16.5. The average Bonchev–Trinajstić information content (AvgIpc) is 2.45. The quantitative estimate of drug-likeness (QED) is 0.584. The molecule has 2 aromatic rings. The molecule has 0 aliphatic rings. The summed E-state index contributed by atoms with van der Waals surface area (Å²) in [6.45, 7) is 17.0. The van der Waals surface area contributed by atoms with Gasteiger partial charge in [-0.3, -0.25) is 0 Å². The van der Waals surface area contributed by atoms with Crippen LogP contribution in [0.5, 0.6) is 0 Å². The van der Waals surface area contributed by atoms with Crippen LogP contribution in [0.25, 0.3) is 0 Å². The summed E-state index contributed by atoms with van der Waals surface area (Å²) in [7, 11) is -2.72. The summed E-state index contributed by atoms with van der Waals surface area (Å²) in [6.07, 6.45) is 0. The molecule has 2 aromatic carbocycles. The van der Waals surface area contributed by atoms with Crippen LogP contribution in [-0.4, -0.2) is 22.8 Å². The molecule has 0 spiro atoms. The van der Waals surface area contributed by atoms with Gasteiger partial charge in [0.1, 0.15) is 0 Å². The fourth-order valence-electron chi connectivity index (χ4n) is 2.51. The smallest absolute Gasteiger partial charge is 0.0656 e. The van der Waals surface area contributed by atoms with Crippen molar-refractivity contribution in [2.45, 2.75) is 39.3 Å². The first-order chi connectivity index (χ1) is 10.1. The van der Waals surface area contributed by atoms with Crippen LogP contribution in [0.4, 0.5) is 0 Å². The molecule has 0 heterocycles. The van der Waals surface area contributed by atoms with E-state index in [0.717, 1.165) is 0 Å². The number of benzene rings is 2. The maximum atomic E-state index is 2.47. The van der Waals surface area contributed by atoms with Crippen molar-refractivity contribution in [3.63, 3.8) is 0 Å².